The van der Waals surface area contributed by atoms with Crippen molar-refractivity contribution >= 4 is 36.4 Å². The number of nitrogens with zero attached hydrogens (tertiary/aromatic N) is 2. The second-order valence-electron chi connectivity index (χ2n) is 5.38. The second-order valence-corrected chi connectivity index (χ2v) is 9.68. The van der Waals surface area contributed by atoms with Gasteiger partial charge >= 0.3 is 12.9 Å². The number of nitrogens with one attached hydrogen (secondary N) is 1. The zero-order valence-electron chi connectivity index (χ0n) is 15.0. The van der Waals surface area contributed by atoms with Crippen molar-refractivity contribution in [1.29, 1.82) is 5.26 Å². The molecule has 0 aromatic carbocycles. The number of hydrogen-bond acceptors (Lipinski definition) is 9. The molecule has 25 heavy (non-hydrogen) atoms. The van der Waals surface area contributed by atoms with Crippen molar-refractivity contribution in [1.82, 2.24) is 5.32 Å². The summed E-state index contributed by atoms with van der Waals surface area (Å²) in [6, 6.07) is 1.94. The molecule has 0 radical (unpaired) electrons. The molecule has 0 saturated carbocycles. The molecule has 0 aliphatic heterocycles. The fourth-order valence-corrected chi connectivity index (χ4v) is 4.98. The van der Waals surface area contributed by atoms with Gasteiger partial charge in [-0.05, 0) is 45.5 Å². The molecule has 11 heteroatoms. The third-order valence-electron chi connectivity index (χ3n) is 2.42. The number of oxime groups is 1. The van der Waals surface area contributed by atoms with Crippen molar-refractivity contribution in [2.24, 2.45) is 10.6 Å². The molecule has 0 aromatic rings. The standard InChI is InChI=1S/C14H24N3O6PS/c1-6-8-22-24(20,21-7-2)25-11(3)12(18)17-13(19)23-16-10-14(4,5)9-15/h10-11H,6-8H2,1-5H3,(H,17,18,19)/t11-,24?/m0/s1. The lowest BCUT2D eigenvalue weighted by Crippen LogP contribution is -2.35. The molecule has 9 nitrogen and oxygen atoms in total. The molecule has 2 amide bonds. The van der Waals surface area contributed by atoms with E-state index in [4.69, 9.17) is 14.3 Å². The van der Waals surface area contributed by atoms with E-state index >= 15 is 0 Å². The van der Waals surface area contributed by atoms with Crippen molar-refractivity contribution in [2.75, 3.05) is 13.2 Å². The number of amides is 2. The predicted molar refractivity (Wildman–Crippen MR) is 95.0 cm³/mol. The molecule has 0 aliphatic rings. The summed E-state index contributed by atoms with van der Waals surface area (Å²) in [4.78, 5) is 27.9. The maximum Gasteiger partial charge on any atom is 0.440 e. The normalized spacial score (nSPS) is 15.2. The van der Waals surface area contributed by atoms with Gasteiger partial charge in [0.05, 0.1) is 36.2 Å². The third-order valence-corrected chi connectivity index (χ3v) is 6.64. The van der Waals surface area contributed by atoms with Gasteiger partial charge in [0.1, 0.15) is 0 Å². The topological polar surface area (TPSA) is 127 Å². The molecule has 142 valence electrons. The maximum absolute atomic E-state index is 12.5. The summed E-state index contributed by atoms with van der Waals surface area (Å²) < 4.78 is 22.8. The minimum atomic E-state index is -3.50. The average Bonchev–Trinajstić information content (AvgIpc) is 2.52. The molecule has 0 fully saturated rings. The first-order valence-electron chi connectivity index (χ1n) is 7.64. The Morgan fingerprint density at radius 1 is 1.40 bits per heavy atom. The van der Waals surface area contributed by atoms with Gasteiger partial charge in [-0.2, -0.15) is 5.26 Å². The molecule has 2 atom stereocenters. The molecular formula is C14H24N3O6PS. The SMILES string of the molecule is CCCOP(=O)(OCC)S[C@@H](C)C(=O)NC(=O)ON=CC(C)(C)C#N. The minimum Gasteiger partial charge on any atom is -0.301 e. The quantitative estimate of drug-likeness (QED) is 0.259. The summed E-state index contributed by atoms with van der Waals surface area (Å²) >= 11 is 0.703. The van der Waals surface area contributed by atoms with E-state index in [0.717, 1.165) is 6.21 Å². The third kappa shape index (κ3) is 10.2. The van der Waals surface area contributed by atoms with Gasteiger partial charge in [-0.3, -0.25) is 14.9 Å². The van der Waals surface area contributed by atoms with Crippen molar-refractivity contribution in [3.63, 3.8) is 0 Å². The molecule has 0 rings (SSSR count). The van der Waals surface area contributed by atoms with Gasteiger partial charge in [0.15, 0.2) is 0 Å². The number of hydrogen-bond donors (Lipinski definition) is 1. The van der Waals surface area contributed by atoms with Crippen LogP contribution >= 0.6 is 18.2 Å². The summed E-state index contributed by atoms with van der Waals surface area (Å²) in [5.74, 6) is -0.732. The molecule has 0 aliphatic carbocycles. The van der Waals surface area contributed by atoms with Crippen LogP contribution in [0.4, 0.5) is 4.79 Å². The van der Waals surface area contributed by atoms with Crippen LogP contribution in [-0.2, 0) is 23.2 Å². The van der Waals surface area contributed by atoms with Crippen LogP contribution in [-0.4, -0.2) is 36.7 Å². The molecular weight excluding hydrogens is 369 g/mol. The smallest absolute Gasteiger partial charge is 0.301 e. The van der Waals surface area contributed by atoms with Crippen LogP contribution in [0, 0.1) is 16.7 Å². The fraction of sp³-hybridized carbons (Fsp3) is 0.714. The summed E-state index contributed by atoms with van der Waals surface area (Å²) in [6.07, 6.45) is 0.668. The first-order valence-corrected chi connectivity index (χ1v) is 10.7. The van der Waals surface area contributed by atoms with Crippen LogP contribution in [0.5, 0.6) is 0 Å². The largest absolute Gasteiger partial charge is 0.440 e. The highest BCUT2D eigenvalue weighted by Crippen LogP contribution is 2.62. The first kappa shape index (κ1) is 23.6. The molecule has 0 spiro atoms. The average molecular weight is 393 g/mol. The van der Waals surface area contributed by atoms with Gasteiger partial charge < -0.3 is 9.05 Å². The van der Waals surface area contributed by atoms with Crippen LogP contribution in [0.25, 0.3) is 0 Å². The molecule has 0 saturated heterocycles. The Balaban J connectivity index is 4.60. The van der Waals surface area contributed by atoms with E-state index in [9.17, 15) is 14.2 Å². The van der Waals surface area contributed by atoms with Crippen LogP contribution in [0.3, 0.4) is 0 Å². The summed E-state index contributed by atoms with van der Waals surface area (Å²) in [7, 11) is 0. The van der Waals surface area contributed by atoms with E-state index in [0.29, 0.717) is 17.8 Å². The number of rotatable bonds is 10. The van der Waals surface area contributed by atoms with E-state index in [1.807, 2.05) is 18.3 Å². The van der Waals surface area contributed by atoms with Crippen LogP contribution in [0.1, 0.15) is 41.0 Å². The van der Waals surface area contributed by atoms with Gasteiger partial charge in [-0.1, -0.05) is 12.1 Å². The lowest BCUT2D eigenvalue weighted by Gasteiger charge is -2.19. The fourth-order valence-electron chi connectivity index (χ4n) is 1.16. The second kappa shape index (κ2) is 11.3. The highest BCUT2D eigenvalue weighted by atomic mass is 32.7. The number of carbonyl (C=O) groups is 2. The van der Waals surface area contributed by atoms with Crippen LogP contribution in [0.15, 0.2) is 5.16 Å². The van der Waals surface area contributed by atoms with Gasteiger partial charge in [0.25, 0.3) is 0 Å². The van der Waals surface area contributed by atoms with Crippen LogP contribution in [0.2, 0.25) is 0 Å². The summed E-state index contributed by atoms with van der Waals surface area (Å²) in [5.41, 5.74) is -0.909. The predicted octanol–water partition coefficient (Wildman–Crippen LogP) is 3.47. The zero-order chi connectivity index (χ0) is 19.5. The number of nitriles is 1. The maximum atomic E-state index is 12.5. The van der Waals surface area contributed by atoms with Gasteiger partial charge in [0.2, 0.25) is 5.91 Å². The van der Waals surface area contributed by atoms with Gasteiger partial charge in [-0.25, -0.2) is 9.36 Å². The van der Waals surface area contributed by atoms with Crippen molar-refractivity contribution in [3.8, 4) is 6.07 Å². The van der Waals surface area contributed by atoms with Gasteiger partial charge in [-0.15, -0.1) is 0 Å². The monoisotopic (exact) mass is 393 g/mol. The van der Waals surface area contributed by atoms with E-state index in [2.05, 4.69) is 9.99 Å². The van der Waals surface area contributed by atoms with E-state index in [1.54, 1.807) is 20.8 Å². The Morgan fingerprint density at radius 3 is 2.56 bits per heavy atom. The summed E-state index contributed by atoms with van der Waals surface area (Å²) in [6.45, 7) is 4.99. The van der Waals surface area contributed by atoms with Crippen molar-refractivity contribution < 1.29 is 28.0 Å². The molecule has 1 unspecified atom stereocenters. The Labute approximate surface area is 151 Å². The Morgan fingerprint density at radius 2 is 2.04 bits per heavy atom. The Hall–Kier alpha value is -1.40. The Bertz CT molecular complexity index is 575. The van der Waals surface area contributed by atoms with Crippen LogP contribution < -0.4 is 5.32 Å². The molecule has 0 aromatic heterocycles. The number of carbonyl (C=O) groups excluding carboxylic acids is 2. The molecule has 0 heterocycles. The minimum absolute atomic E-state index is 0.160. The van der Waals surface area contributed by atoms with E-state index in [-0.39, 0.29) is 13.2 Å². The highest BCUT2D eigenvalue weighted by molar-refractivity contribution is 8.55. The molecule has 1 N–H and O–H groups in total. The van der Waals surface area contributed by atoms with Gasteiger partial charge in [0, 0.05) is 0 Å². The van der Waals surface area contributed by atoms with E-state index < -0.39 is 29.5 Å². The highest BCUT2D eigenvalue weighted by Gasteiger charge is 2.32. The Kier molecular flexibility index (Phi) is 10.6. The zero-order valence-corrected chi connectivity index (χ0v) is 16.7. The van der Waals surface area contributed by atoms with Crippen molar-refractivity contribution in [3.05, 3.63) is 0 Å². The number of imide groups is 1. The molecule has 0 bridgehead atoms. The first-order chi connectivity index (χ1) is 11.6. The van der Waals surface area contributed by atoms with Crippen molar-refractivity contribution in [2.45, 2.75) is 46.3 Å². The van der Waals surface area contributed by atoms with E-state index in [1.165, 1.54) is 6.92 Å². The summed E-state index contributed by atoms with van der Waals surface area (Å²) in [5, 5.41) is 13.2. The lowest BCUT2D eigenvalue weighted by molar-refractivity contribution is -0.119. The lowest BCUT2D eigenvalue weighted by atomic mass is 9.98.